The largest absolute Gasteiger partial charge is 0.457 e. The predicted octanol–water partition coefficient (Wildman–Crippen LogP) is 2.66. The number of carbonyl (C=O) groups excluding carboxylic acids is 1. The third-order valence-electron chi connectivity index (χ3n) is 4.17. The van der Waals surface area contributed by atoms with Crippen LogP contribution in [0.15, 0.2) is 30.5 Å². The van der Waals surface area contributed by atoms with Gasteiger partial charge in [-0.25, -0.2) is 9.78 Å². The minimum absolute atomic E-state index is 0.0760. The van der Waals surface area contributed by atoms with Crippen LogP contribution in [0.2, 0.25) is 5.02 Å². The Labute approximate surface area is 155 Å². The van der Waals surface area contributed by atoms with E-state index in [9.17, 15) is 4.79 Å². The van der Waals surface area contributed by atoms with Crippen LogP contribution < -0.4 is 14.4 Å². The molecule has 0 bridgehead atoms. The molecule has 26 heavy (non-hydrogen) atoms. The Hall–Kier alpha value is -2.51. The van der Waals surface area contributed by atoms with E-state index in [1.54, 1.807) is 30.5 Å². The Morgan fingerprint density at radius 3 is 2.96 bits per heavy atom. The van der Waals surface area contributed by atoms with E-state index in [4.69, 9.17) is 30.5 Å². The van der Waals surface area contributed by atoms with Gasteiger partial charge in [-0.05, 0) is 29.8 Å². The fourth-order valence-electron chi connectivity index (χ4n) is 2.91. The SMILES string of the molecule is O=C(OCc1cc(Cl)c2c(c1)OCO2)c1cccnc1N1CCOCC1. The number of fused-ring (bicyclic) bond motifs is 1. The van der Waals surface area contributed by atoms with Crippen molar-refractivity contribution in [2.45, 2.75) is 6.61 Å². The lowest BCUT2D eigenvalue weighted by Gasteiger charge is -2.28. The number of esters is 1. The zero-order valence-corrected chi connectivity index (χ0v) is 14.7. The van der Waals surface area contributed by atoms with E-state index in [1.807, 2.05) is 4.90 Å². The summed E-state index contributed by atoms with van der Waals surface area (Å²) in [6.45, 7) is 2.81. The smallest absolute Gasteiger partial charge is 0.342 e. The predicted molar refractivity (Wildman–Crippen MR) is 94.0 cm³/mol. The quantitative estimate of drug-likeness (QED) is 0.760. The summed E-state index contributed by atoms with van der Waals surface area (Å²) >= 11 is 6.16. The summed E-state index contributed by atoms with van der Waals surface area (Å²) in [5.41, 5.74) is 1.16. The van der Waals surface area contributed by atoms with E-state index < -0.39 is 5.97 Å². The van der Waals surface area contributed by atoms with Crippen molar-refractivity contribution in [3.05, 3.63) is 46.6 Å². The molecule has 3 heterocycles. The van der Waals surface area contributed by atoms with Crippen molar-refractivity contribution < 1.29 is 23.7 Å². The topological polar surface area (TPSA) is 70.1 Å². The maximum Gasteiger partial charge on any atom is 0.342 e. The van der Waals surface area contributed by atoms with Crippen molar-refractivity contribution in [1.29, 1.82) is 0 Å². The zero-order valence-electron chi connectivity index (χ0n) is 13.9. The number of nitrogens with zero attached hydrogens (tertiary/aromatic N) is 2. The van der Waals surface area contributed by atoms with Gasteiger partial charge in [0, 0.05) is 19.3 Å². The van der Waals surface area contributed by atoms with E-state index in [0.29, 0.717) is 54.2 Å². The summed E-state index contributed by atoms with van der Waals surface area (Å²) < 4.78 is 21.4. The molecular weight excluding hydrogens is 360 g/mol. The number of ether oxygens (including phenoxy) is 4. The highest BCUT2D eigenvalue weighted by Gasteiger charge is 2.22. The van der Waals surface area contributed by atoms with E-state index in [2.05, 4.69) is 4.98 Å². The second kappa shape index (κ2) is 7.39. The second-order valence-corrected chi connectivity index (χ2v) is 6.27. The molecule has 4 rings (SSSR count). The fourth-order valence-corrected chi connectivity index (χ4v) is 3.20. The van der Waals surface area contributed by atoms with E-state index >= 15 is 0 Å². The third-order valence-corrected chi connectivity index (χ3v) is 4.45. The number of rotatable bonds is 4. The first-order chi connectivity index (χ1) is 12.7. The Bertz CT molecular complexity index is 823. The van der Waals surface area contributed by atoms with Crippen molar-refractivity contribution in [3.63, 3.8) is 0 Å². The van der Waals surface area contributed by atoms with E-state index in [1.165, 1.54) is 0 Å². The molecule has 1 fully saturated rings. The maximum absolute atomic E-state index is 12.6. The molecule has 0 N–H and O–H groups in total. The summed E-state index contributed by atoms with van der Waals surface area (Å²) in [5, 5.41) is 0.432. The molecule has 2 aliphatic rings. The Kier molecular flexibility index (Phi) is 4.81. The van der Waals surface area contributed by atoms with E-state index in [-0.39, 0.29) is 13.4 Å². The van der Waals surface area contributed by atoms with Gasteiger partial charge in [-0.1, -0.05) is 11.6 Å². The molecule has 1 aromatic heterocycles. The Balaban J connectivity index is 1.48. The molecule has 2 aromatic rings. The summed E-state index contributed by atoms with van der Waals surface area (Å²) in [4.78, 5) is 19.0. The zero-order chi connectivity index (χ0) is 17.9. The summed E-state index contributed by atoms with van der Waals surface area (Å²) in [7, 11) is 0. The average Bonchev–Trinajstić information content (AvgIpc) is 3.16. The number of benzene rings is 1. The molecule has 0 radical (unpaired) electrons. The van der Waals surface area contributed by atoms with Gasteiger partial charge in [0.05, 0.1) is 18.2 Å². The lowest BCUT2D eigenvalue weighted by atomic mass is 10.2. The van der Waals surface area contributed by atoms with Gasteiger partial charge in [-0.15, -0.1) is 0 Å². The number of hydrogen-bond acceptors (Lipinski definition) is 7. The standard InChI is InChI=1S/C18H17ClN2O5/c19-14-8-12(9-15-16(14)26-11-25-15)10-24-18(22)13-2-1-3-20-17(13)21-4-6-23-7-5-21/h1-3,8-9H,4-7,10-11H2. The van der Waals surface area contributed by atoms with Gasteiger partial charge in [0.1, 0.15) is 18.0 Å². The van der Waals surface area contributed by atoms with Crippen LogP contribution in [0.4, 0.5) is 5.82 Å². The molecule has 8 heteroatoms. The van der Waals surface area contributed by atoms with Gasteiger partial charge in [0.2, 0.25) is 6.79 Å². The third kappa shape index (κ3) is 3.40. The molecule has 2 aliphatic heterocycles. The highest BCUT2D eigenvalue weighted by atomic mass is 35.5. The lowest BCUT2D eigenvalue weighted by Crippen LogP contribution is -2.37. The first-order valence-electron chi connectivity index (χ1n) is 8.25. The molecule has 0 aliphatic carbocycles. The van der Waals surface area contributed by atoms with Crippen molar-refractivity contribution in [2.24, 2.45) is 0 Å². The van der Waals surface area contributed by atoms with Gasteiger partial charge < -0.3 is 23.8 Å². The van der Waals surface area contributed by atoms with Gasteiger partial charge in [-0.2, -0.15) is 0 Å². The Morgan fingerprint density at radius 2 is 2.12 bits per heavy atom. The van der Waals surface area contributed by atoms with Crippen molar-refractivity contribution in [1.82, 2.24) is 4.98 Å². The van der Waals surface area contributed by atoms with Crippen LogP contribution in [0, 0.1) is 0 Å². The van der Waals surface area contributed by atoms with Crippen LogP contribution in [0.5, 0.6) is 11.5 Å². The van der Waals surface area contributed by atoms with Gasteiger partial charge in [-0.3, -0.25) is 0 Å². The monoisotopic (exact) mass is 376 g/mol. The highest BCUT2D eigenvalue weighted by Crippen LogP contribution is 2.40. The number of aromatic nitrogens is 1. The molecule has 7 nitrogen and oxygen atoms in total. The van der Waals surface area contributed by atoms with Crippen LogP contribution in [-0.2, 0) is 16.1 Å². The van der Waals surface area contributed by atoms with Crippen LogP contribution in [0.1, 0.15) is 15.9 Å². The molecular formula is C18H17ClN2O5. The number of carbonyl (C=O) groups is 1. The van der Waals surface area contributed by atoms with Crippen LogP contribution in [0.3, 0.4) is 0 Å². The molecule has 0 saturated carbocycles. The molecule has 0 atom stereocenters. The molecule has 1 aromatic carbocycles. The summed E-state index contributed by atoms with van der Waals surface area (Å²) in [5.74, 6) is 1.25. The number of anilines is 1. The minimum Gasteiger partial charge on any atom is -0.457 e. The number of pyridine rings is 1. The summed E-state index contributed by atoms with van der Waals surface area (Å²) in [6, 6.07) is 6.90. The molecule has 0 unspecified atom stereocenters. The second-order valence-electron chi connectivity index (χ2n) is 5.86. The normalized spacial score (nSPS) is 15.8. The molecule has 0 spiro atoms. The van der Waals surface area contributed by atoms with Gasteiger partial charge in [0.15, 0.2) is 11.5 Å². The Morgan fingerprint density at radius 1 is 1.27 bits per heavy atom. The van der Waals surface area contributed by atoms with Gasteiger partial charge in [0.25, 0.3) is 0 Å². The first kappa shape index (κ1) is 16.9. The maximum atomic E-state index is 12.6. The highest BCUT2D eigenvalue weighted by molar-refractivity contribution is 6.32. The number of halogens is 1. The number of hydrogen-bond donors (Lipinski definition) is 0. The molecule has 0 amide bonds. The average molecular weight is 377 g/mol. The van der Waals surface area contributed by atoms with Crippen LogP contribution >= 0.6 is 11.6 Å². The number of morpholine rings is 1. The summed E-state index contributed by atoms with van der Waals surface area (Å²) in [6.07, 6.45) is 1.67. The van der Waals surface area contributed by atoms with Crippen molar-refractivity contribution in [3.8, 4) is 11.5 Å². The minimum atomic E-state index is -0.437. The van der Waals surface area contributed by atoms with Crippen molar-refractivity contribution in [2.75, 3.05) is 38.0 Å². The molecule has 136 valence electrons. The lowest BCUT2D eigenvalue weighted by molar-refractivity contribution is 0.0471. The van der Waals surface area contributed by atoms with Crippen molar-refractivity contribution >= 4 is 23.4 Å². The van der Waals surface area contributed by atoms with Crippen LogP contribution in [-0.4, -0.2) is 44.0 Å². The molecule has 1 saturated heterocycles. The van der Waals surface area contributed by atoms with Crippen LogP contribution in [0.25, 0.3) is 0 Å². The fraction of sp³-hybridized carbons (Fsp3) is 0.333. The first-order valence-corrected chi connectivity index (χ1v) is 8.63. The van der Waals surface area contributed by atoms with Gasteiger partial charge >= 0.3 is 5.97 Å². The van der Waals surface area contributed by atoms with E-state index in [0.717, 1.165) is 5.56 Å².